The van der Waals surface area contributed by atoms with Gasteiger partial charge in [0.25, 0.3) is 0 Å². The van der Waals surface area contributed by atoms with Gasteiger partial charge in [0.15, 0.2) is 0 Å². The molecular weight excluding hydrogens is 212 g/mol. The van der Waals surface area contributed by atoms with Crippen LogP contribution in [0.15, 0.2) is 24.3 Å². The van der Waals surface area contributed by atoms with Crippen LogP contribution in [0.25, 0.3) is 11.3 Å². The molecule has 2 aromatic rings. The van der Waals surface area contributed by atoms with E-state index in [4.69, 9.17) is 5.11 Å². The summed E-state index contributed by atoms with van der Waals surface area (Å²) in [6.07, 6.45) is 1.55. The number of hydrogen-bond donors (Lipinski definition) is 2. The third kappa shape index (κ3) is 2.74. The van der Waals surface area contributed by atoms with Gasteiger partial charge >= 0.3 is 0 Å². The van der Waals surface area contributed by atoms with Crippen LogP contribution in [0.1, 0.15) is 23.5 Å². The van der Waals surface area contributed by atoms with Crippen molar-refractivity contribution >= 4 is 0 Å². The summed E-state index contributed by atoms with van der Waals surface area (Å²) < 4.78 is 0. The molecule has 1 aromatic heterocycles. The number of nitrogens with one attached hydrogen (secondary N) is 1. The van der Waals surface area contributed by atoms with Crippen molar-refractivity contribution in [2.24, 2.45) is 0 Å². The Balaban J connectivity index is 2.29. The van der Waals surface area contributed by atoms with E-state index in [1.165, 1.54) is 5.56 Å². The Labute approximate surface area is 102 Å². The molecule has 0 aliphatic rings. The van der Waals surface area contributed by atoms with E-state index in [0.29, 0.717) is 0 Å². The molecule has 0 fully saturated rings. The average Bonchev–Trinajstić information content (AvgIpc) is 2.68. The maximum Gasteiger partial charge on any atom is 0.107 e. The molecule has 17 heavy (non-hydrogen) atoms. The highest BCUT2D eigenvalue weighted by atomic mass is 16.2. The first-order valence-corrected chi connectivity index (χ1v) is 5.94. The molecule has 0 aliphatic carbocycles. The minimum atomic E-state index is 0.208. The molecule has 90 valence electrons. The lowest BCUT2D eigenvalue weighted by Gasteiger charge is -1.99. The average molecular weight is 230 g/mol. The summed E-state index contributed by atoms with van der Waals surface area (Å²) in [5, 5.41) is 8.82. The fourth-order valence-corrected chi connectivity index (χ4v) is 1.96. The summed E-state index contributed by atoms with van der Waals surface area (Å²) in [4.78, 5) is 7.87. The highest BCUT2D eigenvalue weighted by Gasteiger charge is 2.08. The van der Waals surface area contributed by atoms with Crippen molar-refractivity contribution in [3.63, 3.8) is 0 Å². The number of benzene rings is 1. The minimum Gasteiger partial charge on any atom is -0.396 e. The molecule has 1 aromatic carbocycles. The topological polar surface area (TPSA) is 48.9 Å². The fraction of sp³-hybridized carbons (Fsp3) is 0.357. The van der Waals surface area contributed by atoms with Gasteiger partial charge in [0.2, 0.25) is 0 Å². The Bertz CT molecular complexity index is 503. The Morgan fingerprint density at radius 2 is 2.12 bits per heavy atom. The summed E-state index contributed by atoms with van der Waals surface area (Å²) in [5.74, 6) is 0.952. The largest absolute Gasteiger partial charge is 0.396 e. The monoisotopic (exact) mass is 230 g/mol. The van der Waals surface area contributed by atoms with E-state index in [2.05, 4.69) is 35.1 Å². The lowest BCUT2D eigenvalue weighted by molar-refractivity contribution is 0.287. The van der Waals surface area contributed by atoms with Crippen LogP contribution < -0.4 is 0 Å². The van der Waals surface area contributed by atoms with E-state index in [9.17, 15) is 0 Å². The van der Waals surface area contributed by atoms with Crippen LogP contribution in [0.2, 0.25) is 0 Å². The molecule has 0 amide bonds. The van der Waals surface area contributed by atoms with Gasteiger partial charge in [-0.1, -0.05) is 23.8 Å². The number of aromatic nitrogens is 2. The Morgan fingerprint density at radius 3 is 2.82 bits per heavy atom. The number of imidazole rings is 1. The molecule has 0 radical (unpaired) electrons. The van der Waals surface area contributed by atoms with Crippen molar-refractivity contribution in [1.82, 2.24) is 9.97 Å². The Hall–Kier alpha value is -1.61. The van der Waals surface area contributed by atoms with Crippen LogP contribution in [0.3, 0.4) is 0 Å². The molecule has 2 rings (SSSR count). The number of aliphatic hydroxyl groups is 1. The molecular formula is C14H18N2O. The van der Waals surface area contributed by atoms with Gasteiger partial charge in [-0.15, -0.1) is 0 Å². The Morgan fingerprint density at radius 1 is 1.29 bits per heavy atom. The standard InChI is InChI=1S/C14H18N2O/c1-10-5-3-6-12(9-10)14-11(2)15-13(16-14)7-4-8-17/h3,5-6,9,17H,4,7-8H2,1-2H3,(H,15,16). The maximum atomic E-state index is 8.82. The molecule has 0 saturated carbocycles. The number of aryl methyl sites for hydroxylation is 3. The predicted molar refractivity (Wildman–Crippen MR) is 68.9 cm³/mol. The first kappa shape index (κ1) is 11.9. The fourth-order valence-electron chi connectivity index (χ4n) is 1.96. The second kappa shape index (κ2) is 5.15. The van der Waals surface area contributed by atoms with Gasteiger partial charge in [-0.25, -0.2) is 4.98 Å². The Kier molecular flexibility index (Phi) is 3.59. The lowest BCUT2D eigenvalue weighted by atomic mass is 10.1. The van der Waals surface area contributed by atoms with Crippen LogP contribution in [0.4, 0.5) is 0 Å². The first-order valence-electron chi connectivity index (χ1n) is 5.94. The summed E-state index contributed by atoms with van der Waals surface area (Å²) >= 11 is 0. The van der Waals surface area contributed by atoms with Crippen molar-refractivity contribution in [3.8, 4) is 11.3 Å². The predicted octanol–water partition coefficient (Wildman–Crippen LogP) is 2.62. The van der Waals surface area contributed by atoms with Gasteiger partial charge in [-0.2, -0.15) is 0 Å². The number of hydrogen-bond acceptors (Lipinski definition) is 2. The number of aliphatic hydroxyl groups excluding tert-OH is 1. The molecule has 0 aliphatic heterocycles. The van der Waals surface area contributed by atoms with E-state index in [1.54, 1.807) is 0 Å². The van der Waals surface area contributed by atoms with E-state index >= 15 is 0 Å². The first-order chi connectivity index (χ1) is 8.20. The van der Waals surface area contributed by atoms with E-state index in [1.807, 2.05) is 13.0 Å². The van der Waals surface area contributed by atoms with Crippen LogP contribution >= 0.6 is 0 Å². The van der Waals surface area contributed by atoms with Gasteiger partial charge in [-0.05, 0) is 26.3 Å². The SMILES string of the molecule is Cc1cccc(-c2nc(CCCO)[nH]c2C)c1. The normalized spacial score (nSPS) is 10.8. The lowest BCUT2D eigenvalue weighted by Crippen LogP contribution is -1.91. The molecule has 0 bridgehead atoms. The van der Waals surface area contributed by atoms with Crippen LogP contribution in [-0.2, 0) is 6.42 Å². The zero-order valence-electron chi connectivity index (χ0n) is 10.3. The van der Waals surface area contributed by atoms with Gasteiger partial charge < -0.3 is 10.1 Å². The highest BCUT2D eigenvalue weighted by molar-refractivity contribution is 5.62. The van der Waals surface area contributed by atoms with Crippen LogP contribution in [-0.4, -0.2) is 21.7 Å². The van der Waals surface area contributed by atoms with Gasteiger partial charge in [-0.3, -0.25) is 0 Å². The van der Waals surface area contributed by atoms with Crippen molar-refractivity contribution in [2.75, 3.05) is 6.61 Å². The quantitative estimate of drug-likeness (QED) is 0.848. The molecule has 0 spiro atoms. The van der Waals surface area contributed by atoms with E-state index < -0.39 is 0 Å². The number of rotatable bonds is 4. The molecule has 0 atom stereocenters. The molecule has 0 saturated heterocycles. The van der Waals surface area contributed by atoms with Crippen LogP contribution in [0, 0.1) is 13.8 Å². The van der Waals surface area contributed by atoms with Crippen LogP contribution in [0.5, 0.6) is 0 Å². The smallest absolute Gasteiger partial charge is 0.107 e. The van der Waals surface area contributed by atoms with Crippen molar-refractivity contribution < 1.29 is 5.11 Å². The van der Waals surface area contributed by atoms with Gasteiger partial charge in [0.1, 0.15) is 5.82 Å². The van der Waals surface area contributed by atoms with Gasteiger partial charge in [0, 0.05) is 24.3 Å². The van der Waals surface area contributed by atoms with E-state index in [0.717, 1.165) is 35.6 Å². The van der Waals surface area contributed by atoms with Crippen molar-refractivity contribution in [3.05, 3.63) is 41.3 Å². The highest BCUT2D eigenvalue weighted by Crippen LogP contribution is 2.22. The summed E-state index contributed by atoms with van der Waals surface area (Å²) in [6.45, 7) is 4.32. The number of H-pyrrole nitrogens is 1. The number of nitrogens with zero attached hydrogens (tertiary/aromatic N) is 1. The third-order valence-electron chi connectivity index (χ3n) is 2.80. The van der Waals surface area contributed by atoms with E-state index in [-0.39, 0.29) is 6.61 Å². The maximum absolute atomic E-state index is 8.82. The zero-order valence-corrected chi connectivity index (χ0v) is 10.3. The summed E-state index contributed by atoms with van der Waals surface area (Å²) in [5.41, 5.74) is 4.49. The zero-order chi connectivity index (χ0) is 12.3. The second-order valence-electron chi connectivity index (χ2n) is 4.35. The minimum absolute atomic E-state index is 0.208. The molecule has 2 N–H and O–H groups in total. The van der Waals surface area contributed by atoms with Gasteiger partial charge in [0.05, 0.1) is 5.69 Å². The summed E-state index contributed by atoms with van der Waals surface area (Å²) in [6, 6.07) is 8.34. The summed E-state index contributed by atoms with van der Waals surface area (Å²) in [7, 11) is 0. The third-order valence-corrected chi connectivity index (χ3v) is 2.80. The molecule has 1 heterocycles. The number of aromatic amines is 1. The second-order valence-corrected chi connectivity index (χ2v) is 4.35. The van der Waals surface area contributed by atoms with Crippen molar-refractivity contribution in [1.29, 1.82) is 0 Å². The van der Waals surface area contributed by atoms with Crippen molar-refractivity contribution in [2.45, 2.75) is 26.7 Å². The molecule has 3 nitrogen and oxygen atoms in total. The molecule has 3 heteroatoms. The molecule has 0 unspecified atom stereocenters.